The predicted molar refractivity (Wildman–Crippen MR) is 75.0 cm³/mol. The largest absolute Gasteiger partial charge is 0.468 e. The van der Waals surface area contributed by atoms with Crippen molar-refractivity contribution in [2.45, 2.75) is 25.4 Å². The molecular formula is C15H16N2O5. The molecule has 3 rings (SSSR count). The van der Waals surface area contributed by atoms with Crippen LogP contribution in [0.25, 0.3) is 0 Å². The van der Waals surface area contributed by atoms with Gasteiger partial charge in [-0.1, -0.05) is 0 Å². The van der Waals surface area contributed by atoms with Crippen LogP contribution in [0.3, 0.4) is 0 Å². The molecule has 0 radical (unpaired) electrons. The van der Waals surface area contributed by atoms with Crippen LogP contribution in [0.1, 0.15) is 28.8 Å². The van der Waals surface area contributed by atoms with Crippen LogP contribution in [-0.4, -0.2) is 42.6 Å². The minimum atomic E-state index is -0.596. The number of nitrogens with one attached hydrogen (secondary N) is 1. The summed E-state index contributed by atoms with van der Waals surface area (Å²) < 4.78 is 10.2. The molecule has 0 aromatic heterocycles. The van der Waals surface area contributed by atoms with Gasteiger partial charge in [0, 0.05) is 25.6 Å². The van der Waals surface area contributed by atoms with Gasteiger partial charge in [0.2, 0.25) is 11.8 Å². The van der Waals surface area contributed by atoms with Crippen molar-refractivity contribution in [1.29, 1.82) is 0 Å². The summed E-state index contributed by atoms with van der Waals surface area (Å²) in [6.07, 6.45) is 0.607. The quantitative estimate of drug-likeness (QED) is 0.644. The van der Waals surface area contributed by atoms with Crippen LogP contribution in [0.5, 0.6) is 5.75 Å². The first kappa shape index (κ1) is 14.5. The van der Waals surface area contributed by atoms with Gasteiger partial charge in [-0.25, -0.2) is 0 Å². The molecule has 2 heterocycles. The maximum absolute atomic E-state index is 12.4. The molecule has 22 heavy (non-hydrogen) atoms. The van der Waals surface area contributed by atoms with Crippen LogP contribution in [0.2, 0.25) is 0 Å². The second-order valence-corrected chi connectivity index (χ2v) is 5.27. The molecule has 0 spiro atoms. The zero-order valence-electron chi connectivity index (χ0n) is 12.1. The Morgan fingerprint density at radius 2 is 2.14 bits per heavy atom. The molecule has 3 amide bonds. The van der Waals surface area contributed by atoms with E-state index in [0.717, 1.165) is 5.56 Å². The summed E-state index contributed by atoms with van der Waals surface area (Å²) >= 11 is 0. The first-order valence-electron chi connectivity index (χ1n) is 6.99. The third kappa shape index (κ3) is 2.55. The maximum atomic E-state index is 12.4. The number of rotatable bonds is 4. The van der Waals surface area contributed by atoms with Gasteiger partial charge in [-0.05, 0) is 30.2 Å². The zero-order valence-corrected chi connectivity index (χ0v) is 12.1. The highest BCUT2D eigenvalue weighted by atomic mass is 16.7. The Bertz CT molecular complexity index is 643. The maximum Gasteiger partial charge on any atom is 0.255 e. The van der Waals surface area contributed by atoms with Gasteiger partial charge in [-0.2, -0.15) is 0 Å². The van der Waals surface area contributed by atoms with E-state index in [2.05, 4.69) is 5.32 Å². The lowest BCUT2D eigenvalue weighted by molar-refractivity contribution is -0.136. The van der Waals surface area contributed by atoms with Crippen molar-refractivity contribution in [2.24, 2.45) is 0 Å². The third-order valence-corrected chi connectivity index (χ3v) is 3.84. The van der Waals surface area contributed by atoms with Crippen LogP contribution in [0.15, 0.2) is 18.2 Å². The fraction of sp³-hybridized carbons (Fsp3) is 0.400. The molecule has 1 fully saturated rings. The Hall–Kier alpha value is -2.41. The van der Waals surface area contributed by atoms with Gasteiger partial charge in [-0.15, -0.1) is 0 Å². The molecule has 7 heteroatoms. The number of hydrogen-bond donors (Lipinski definition) is 1. The molecule has 7 nitrogen and oxygen atoms in total. The van der Waals surface area contributed by atoms with Crippen molar-refractivity contribution >= 4 is 17.7 Å². The number of carbonyl (C=O) groups excluding carboxylic acids is 3. The van der Waals surface area contributed by atoms with Crippen molar-refractivity contribution < 1.29 is 23.9 Å². The second-order valence-electron chi connectivity index (χ2n) is 5.27. The molecule has 0 bridgehead atoms. The number of methoxy groups -OCH3 is 1. The minimum Gasteiger partial charge on any atom is -0.468 e. The van der Waals surface area contributed by atoms with Crippen LogP contribution in [0.4, 0.5) is 0 Å². The van der Waals surface area contributed by atoms with Gasteiger partial charge in [-0.3, -0.25) is 19.7 Å². The Kier molecular flexibility index (Phi) is 3.81. The highest BCUT2D eigenvalue weighted by Crippen LogP contribution is 2.30. The topological polar surface area (TPSA) is 84.9 Å². The zero-order chi connectivity index (χ0) is 15.7. The van der Waals surface area contributed by atoms with Gasteiger partial charge in [0.15, 0.2) is 6.79 Å². The van der Waals surface area contributed by atoms with Gasteiger partial charge in [0.25, 0.3) is 5.91 Å². The number of amides is 3. The Balaban J connectivity index is 1.78. The van der Waals surface area contributed by atoms with Gasteiger partial charge in [0.1, 0.15) is 11.8 Å². The van der Waals surface area contributed by atoms with E-state index in [1.807, 2.05) is 0 Å². The summed E-state index contributed by atoms with van der Waals surface area (Å²) in [6, 6.07) is 4.57. The molecule has 1 aromatic rings. The van der Waals surface area contributed by atoms with E-state index in [4.69, 9.17) is 9.47 Å². The van der Waals surface area contributed by atoms with Crippen molar-refractivity contribution in [1.82, 2.24) is 10.2 Å². The predicted octanol–water partition coefficient (Wildman–Crippen LogP) is 0.430. The van der Waals surface area contributed by atoms with E-state index in [0.29, 0.717) is 24.3 Å². The molecule has 1 N–H and O–H groups in total. The summed E-state index contributed by atoms with van der Waals surface area (Å²) in [7, 11) is 1.53. The number of piperidine rings is 1. The molecule has 116 valence electrons. The summed E-state index contributed by atoms with van der Waals surface area (Å²) in [5.41, 5.74) is 1.37. The number of hydrogen-bond acceptors (Lipinski definition) is 5. The highest BCUT2D eigenvalue weighted by molar-refractivity contribution is 6.05. The summed E-state index contributed by atoms with van der Waals surface area (Å²) in [4.78, 5) is 37.1. The van der Waals surface area contributed by atoms with E-state index in [1.54, 1.807) is 18.2 Å². The average Bonchev–Trinajstić information content (AvgIpc) is 2.82. The Morgan fingerprint density at radius 1 is 1.32 bits per heavy atom. The van der Waals surface area contributed by atoms with E-state index in [1.165, 1.54) is 12.0 Å². The van der Waals surface area contributed by atoms with Crippen LogP contribution in [0, 0.1) is 0 Å². The number of imide groups is 1. The van der Waals surface area contributed by atoms with Crippen LogP contribution >= 0.6 is 0 Å². The summed E-state index contributed by atoms with van der Waals surface area (Å²) in [5.74, 6) is -0.282. The number of fused-ring (bicyclic) bond motifs is 1. The van der Waals surface area contributed by atoms with E-state index in [9.17, 15) is 14.4 Å². The molecular weight excluding hydrogens is 288 g/mol. The fourth-order valence-corrected chi connectivity index (χ4v) is 2.77. The molecule has 2 aliphatic rings. The molecule has 1 unspecified atom stereocenters. The first-order valence-corrected chi connectivity index (χ1v) is 6.99. The monoisotopic (exact) mass is 304 g/mol. The van der Waals surface area contributed by atoms with E-state index < -0.39 is 11.9 Å². The molecule has 0 aliphatic carbocycles. The SMILES string of the molecule is COCOc1ccc2c(c1)CN(C1CCC(=O)NC1=O)C2=O. The lowest BCUT2D eigenvalue weighted by Crippen LogP contribution is -2.52. The molecule has 1 aromatic carbocycles. The van der Waals surface area contributed by atoms with E-state index >= 15 is 0 Å². The first-order chi connectivity index (χ1) is 10.6. The van der Waals surface area contributed by atoms with E-state index in [-0.39, 0.29) is 25.0 Å². The number of nitrogens with zero attached hydrogens (tertiary/aromatic N) is 1. The summed E-state index contributed by atoms with van der Waals surface area (Å²) in [6.45, 7) is 0.466. The van der Waals surface area contributed by atoms with Crippen molar-refractivity contribution in [3.05, 3.63) is 29.3 Å². The number of benzene rings is 1. The Morgan fingerprint density at radius 3 is 2.86 bits per heavy atom. The Labute approximate surface area is 127 Å². The highest BCUT2D eigenvalue weighted by Gasteiger charge is 2.39. The van der Waals surface area contributed by atoms with Crippen LogP contribution in [-0.2, 0) is 20.9 Å². The van der Waals surface area contributed by atoms with Crippen molar-refractivity contribution in [3.63, 3.8) is 0 Å². The van der Waals surface area contributed by atoms with Crippen LogP contribution < -0.4 is 10.1 Å². The second kappa shape index (κ2) is 5.76. The molecule has 0 saturated carbocycles. The van der Waals surface area contributed by atoms with Crippen molar-refractivity contribution in [3.8, 4) is 5.75 Å². The number of ether oxygens (including phenoxy) is 2. The number of carbonyl (C=O) groups is 3. The minimum absolute atomic E-state index is 0.129. The van der Waals surface area contributed by atoms with Gasteiger partial charge < -0.3 is 14.4 Å². The van der Waals surface area contributed by atoms with Gasteiger partial charge in [0.05, 0.1) is 0 Å². The van der Waals surface area contributed by atoms with Crippen molar-refractivity contribution in [2.75, 3.05) is 13.9 Å². The average molecular weight is 304 g/mol. The van der Waals surface area contributed by atoms with Gasteiger partial charge >= 0.3 is 0 Å². The lowest BCUT2D eigenvalue weighted by atomic mass is 10.0. The standard InChI is InChI=1S/C15H16N2O5/c1-21-8-22-10-2-3-11-9(6-10)7-17(15(11)20)12-4-5-13(18)16-14(12)19/h2-3,6,12H,4-5,7-8H2,1H3,(H,16,18,19). The molecule has 1 atom stereocenters. The lowest BCUT2D eigenvalue weighted by Gasteiger charge is -2.29. The molecule has 1 saturated heterocycles. The fourth-order valence-electron chi connectivity index (χ4n) is 2.77. The molecule has 2 aliphatic heterocycles. The normalized spacial score (nSPS) is 20.9. The smallest absolute Gasteiger partial charge is 0.255 e. The summed E-state index contributed by atoms with van der Waals surface area (Å²) in [5, 5.41) is 2.28. The third-order valence-electron chi connectivity index (χ3n) is 3.84.